The fourth-order valence-corrected chi connectivity index (χ4v) is 1.94. The molecule has 18 heavy (non-hydrogen) atoms. The molecule has 2 N–H and O–H groups in total. The number of anilines is 1. The van der Waals surface area contributed by atoms with Gasteiger partial charge in [-0.2, -0.15) is 0 Å². The Hall–Kier alpha value is -2.04. The van der Waals surface area contributed by atoms with E-state index >= 15 is 0 Å². The van der Waals surface area contributed by atoms with Gasteiger partial charge in [0.05, 0.1) is 12.7 Å². The zero-order chi connectivity index (χ0) is 13.3. The number of aromatic nitrogens is 1. The summed E-state index contributed by atoms with van der Waals surface area (Å²) in [6.45, 7) is 3.89. The third kappa shape index (κ3) is 1.92. The first-order valence-corrected chi connectivity index (χ1v) is 5.64. The molecule has 0 fully saturated rings. The predicted molar refractivity (Wildman–Crippen MR) is 67.0 cm³/mol. The number of nitrogens with zero attached hydrogens (tertiary/aromatic N) is 1. The lowest BCUT2D eigenvalue weighted by Gasteiger charge is -2.10. The second-order valence-electron chi connectivity index (χ2n) is 4.28. The van der Waals surface area contributed by atoms with E-state index < -0.39 is 5.82 Å². The molecule has 2 aromatic rings. The van der Waals surface area contributed by atoms with Crippen LogP contribution in [0.15, 0.2) is 22.7 Å². The smallest absolute Gasteiger partial charge is 0.179 e. The Labute approximate surface area is 105 Å². The zero-order valence-electron chi connectivity index (χ0n) is 10.5. The minimum atomic E-state index is -0.424. The summed E-state index contributed by atoms with van der Waals surface area (Å²) >= 11 is 0. The maximum atomic E-state index is 14.0. The molecule has 0 aliphatic carbocycles. The number of rotatable bonds is 3. The van der Waals surface area contributed by atoms with Crippen LogP contribution in [0.25, 0.3) is 11.3 Å². The molecule has 96 valence electrons. The molecule has 0 aliphatic heterocycles. The number of methoxy groups -OCH3 is 1. The van der Waals surface area contributed by atoms with Crippen molar-refractivity contribution in [1.82, 2.24) is 5.16 Å². The summed E-state index contributed by atoms with van der Waals surface area (Å²) < 4.78 is 24.3. The summed E-state index contributed by atoms with van der Waals surface area (Å²) in [6.07, 6.45) is 0. The van der Waals surface area contributed by atoms with Crippen molar-refractivity contribution < 1.29 is 13.7 Å². The van der Waals surface area contributed by atoms with Gasteiger partial charge in [-0.05, 0) is 18.1 Å². The van der Waals surface area contributed by atoms with E-state index in [2.05, 4.69) is 5.16 Å². The van der Waals surface area contributed by atoms with Gasteiger partial charge in [0.1, 0.15) is 11.6 Å². The molecule has 0 aliphatic rings. The molecule has 0 atom stereocenters. The fraction of sp³-hybridized carbons (Fsp3) is 0.308. The first-order valence-electron chi connectivity index (χ1n) is 5.64. The molecule has 0 radical (unpaired) electrons. The van der Waals surface area contributed by atoms with Gasteiger partial charge in [-0.3, -0.25) is 0 Å². The molecule has 4 nitrogen and oxygen atoms in total. The van der Waals surface area contributed by atoms with Gasteiger partial charge in [0.25, 0.3) is 0 Å². The lowest BCUT2D eigenvalue weighted by atomic mass is 9.98. The third-order valence-corrected chi connectivity index (χ3v) is 2.76. The van der Waals surface area contributed by atoms with E-state index in [1.165, 1.54) is 13.2 Å². The van der Waals surface area contributed by atoms with Gasteiger partial charge in [0.15, 0.2) is 11.6 Å². The van der Waals surface area contributed by atoms with Crippen LogP contribution in [-0.2, 0) is 0 Å². The predicted octanol–water partition coefficient (Wildman–Crippen LogP) is 3.19. The molecular weight excluding hydrogens is 235 g/mol. The second kappa shape index (κ2) is 4.68. The van der Waals surface area contributed by atoms with Crippen molar-refractivity contribution in [2.75, 3.05) is 12.8 Å². The van der Waals surface area contributed by atoms with Crippen LogP contribution in [0.4, 0.5) is 10.2 Å². The Morgan fingerprint density at radius 2 is 2.11 bits per heavy atom. The molecule has 2 rings (SSSR count). The molecule has 0 unspecified atom stereocenters. The van der Waals surface area contributed by atoms with E-state index in [0.717, 1.165) is 0 Å². The maximum absolute atomic E-state index is 14.0. The molecule has 0 bridgehead atoms. The van der Waals surface area contributed by atoms with E-state index in [4.69, 9.17) is 15.0 Å². The summed E-state index contributed by atoms with van der Waals surface area (Å²) in [4.78, 5) is 0. The summed E-state index contributed by atoms with van der Waals surface area (Å²) in [7, 11) is 1.48. The molecular formula is C13H15FN2O2. The molecule has 1 heterocycles. The van der Waals surface area contributed by atoms with Crippen molar-refractivity contribution in [2.24, 2.45) is 0 Å². The van der Waals surface area contributed by atoms with Crippen molar-refractivity contribution in [1.29, 1.82) is 0 Å². The Bertz CT molecular complexity index is 564. The van der Waals surface area contributed by atoms with Gasteiger partial charge in [0.2, 0.25) is 0 Å². The van der Waals surface area contributed by atoms with Crippen molar-refractivity contribution in [3.8, 4) is 17.1 Å². The van der Waals surface area contributed by atoms with Crippen LogP contribution in [0.5, 0.6) is 5.75 Å². The highest BCUT2D eigenvalue weighted by molar-refractivity contribution is 5.72. The van der Waals surface area contributed by atoms with Crippen LogP contribution < -0.4 is 10.5 Å². The lowest BCUT2D eigenvalue weighted by molar-refractivity contribution is 0.402. The van der Waals surface area contributed by atoms with Gasteiger partial charge in [-0.25, -0.2) is 4.39 Å². The molecule has 0 amide bonds. The maximum Gasteiger partial charge on any atom is 0.179 e. The molecule has 0 saturated carbocycles. The molecule has 0 saturated heterocycles. The molecule has 0 spiro atoms. The highest BCUT2D eigenvalue weighted by Gasteiger charge is 2.24. The first-order chi connectivity index (χ1) is 8.56. The van der Waals surface area contributed by atoms with Crippen LogP contribution in [0.3, 0.4) is 0 Å². The summed E-state index contributed by atoms with van der Waals surface area (Å²) in [6, 6.07) is 4.59. The van der Waals surface area contributed by atoms with Gasteiger partial charge in [-0.1, -0.05) is 25.1 Å². The minimum absolute atomic E-state index is 0.0792. The van der Waals surface area contributed by atoms with Crippen LogP contribution in [0.2, 0.25) is 0 Å². The highest BCUT2D eigenvalue weighted by Crippen LogP contribution is 2.39. The number of hydrogen-bond acceptors (Lipinski definition) is 4. The van der Waals surface area contributed by atoms with E-state index in [1.807, 2.05) is 13.8 Å². The second-order valence-corrected chi connectivity index (χ2v) is 4.28. The third-order valence-electron chi connectivity index (χ3n) is 2.76. The highest BCUT2D eigenvalue weighted by atomic mass is 19.1. The lowest BCUT2D eigenvalue weighted by Crippen LogP contribution is -1.97. The number of benzene rings is 1. The van der Waals surface area contributed by atoms with Gasteiger partial charge in [0, 0.05) is 5.56 Å². The number of halogens is 1. The zero-order valence-corrected chi connectivity index (χ0v) is 10.5. The number of nitrogens with two attached hydrogens (primary N) is 1. The number of nitrogen functional groups attached to an aromatic ring is 1. The van der Waals surface area contributed by atoms with Gasteiger partial charge in [-0.15, -0.1) is 0 Å². The molecule has 1 aromatic carbocycles. The summed E-state index contributed by atoms with van der Waals surface area (Å²) in [5, 5.41) is 3.71. The van der Waals surface area contributed by atoms with Crippen molar-refractivity contribution >= 4 is 5.82 Å². The van der Waals surface area contributed by atoms with E-state index in [0.29, 0.717) is 17.1 Å². The molecule has 1 aromatic heterocycles. The number of hydrogen-bond donors (Lipinski definition) is 1. The van der Waals surface area contributed by atoms with Gasteiger partial charge >= 0.3 is 0 Å². The largest absolute Gasteiger partial charge is 0.496 e. The SMILES string of the molecule is COc1cccc(F)c1-c1onc(N)c1C(C)C. The van der Waals surface area contributed by atoms with Gasteiger partial charge < -0.3 is 15.0 Å². The average molecular weight is 250 g/mol. The first kappa shape index (κ1) is 12.4. The summed E-state index contributed by atoms with van der Waals surface area (Å²) in [5.74, 6) is 0.666. The van der Waals surface area contributed by atoms with Crippen LogP contribution >= 0.6 is 0 Å². The van der Waals surface area contributed by atoms with E-state index in [-0.39, 0.29) is 17.3 Å². The quantitative estimate of drug-likeness (QED) is 0.908. The Morgan fingerprint density at radius 1 is 1.39 bits per heavy atom. The van der Waals surface area contributed by atoms with Crippen LogP contribution in [0.1, 0.15) is 25.3 Å². The van der Waals surface area contributed by atoms with E-state index in [9.17, 15) is 4.39 Å². The Morgan fingerprint density at radius 3 is 2.72 bits per heavy atom. The fourth-order valence-electron chi connectivity index (χ4n) is 1.94. The minimum Gasteiger partial charge on any atom is -0.496 e. The Balaban J connectivity index is 2.69. The molecule has 5 heteroatoms. The van der Waals surface area contributed by atoms with Crippen molar-refractivity contribution in [2.45, 2.75) is 19.8 Å². The topological polar surface area (TPSA) is 61.3 Å². The normalized spacial score (nSPS) is 10.9. The average Bonchev–Trinajstić information content (AvgIpc) is 2.70. The Kier molecular flexibility index (Phi) is 3.23. The van der Waals surface area contributed by atoms with Crippen molar-refractivity contribution in [3.05, 3.63) is 29.6 Å². The standard InChI is InChI=1S/C13H15FN2O2/c1-7(2)10-12(18-16-13(10)15)11-8(14)5-4-6-9(11)17-3/h4-7H,1-3H3,(H2,15,16). The number of ether oxygens (including phenoxy) is 1. The van der Waals surface area contributed by atoms with Crippen molar-refractivity contribution in [3.63, 3.8) is 0 Å². The van der Waals surface area contributed by atoms with Crippen LogP contribution in [-0.4, -0.2) is 12.3 Å². The van der Waals surface area contributed by atoms with Crippen LogP contribution in [0, 0.1) is 5.82 Å². The van der Waals surface area contributed by atoms with E-state index in [1.54, 1.807) is 12.1 Å². The monoisotopic (exact) mass is 250 g/mol. The summed E-state index contributed by atoms with van der Waals surface area (Å²) in [5.41, 5.74) is 6.70.